The summed E-state index contributed by atoms with van der Waals surface area (Å²) in [6, 6.07) is 16.5. The van der Waals surface area contributed by atoms with Gasteiger partial charge in [0, 0.05) is 11.5 Å². The highest BCUT2D eigenvalue weighted by Gasteiger charge is 2.20. The fourth-order valence-corrected chi connectivity index (χ4v) is 2.47. The van der Waals surface area contributed by atoms with Crippen molar-refractivity contribution in [2.24, 2.45) is 5.92 Å². The van der Waals surface area contributed by atoms with Crippen molar-refractivity contribution in [2.45, 2.75) is 19.9 Å². The van der Waals surface area contributed by atoms with Gasteiger partial charge in [0.2, 0.25) is 0 Å². The van der Waals surface area contributed by atoms with Crippen molar-refractivity contribution in [1.82, 2.24) is 0 Å². The molecule has 1 atom stereocenters. The van der Waals surface area contributed by atoms with E-state index in [-0.39, 0.29) is 24.2 Å². The summed E-state index contributed by atoms with van der Waals surface area (Å²) in [5.74, 6) is -0.227. The van der Waals surface area contributed by atoms with Crippen LogP contribution in [0.5, 0.6) is 0 Å². The molecular formula is C18H22FN2O+. The summed E-state index contributed by atoms with van der Waals surface area (Å²) in [5, 5.41) is 4.61. The minimum atomic E-state index is -0.417. The molecule has 22 heavy (non-hydrogen) atoms. The molecule has 116 valence electrons. The van der Waals surface area contributed by atoms with Crippen LogP contribution in [0, 0.1) is 11.7 Å². The minimum Gasteiger partial charge on any atom is -0.332 e. The lowest BCUT2D eigenvalue weighted by atomic mass is 9.96. The van der Waals surface area contributed by atoms with Gasteiger partial charge in [0.1, 0.15) is 11.9 Å². The Morgan fingerprint density at radius 3 is 2.36 bits per heavy atom. The molecule has 0 aliphatic heterocycles. The van der Waals surface area contributed by atoms with E-state index in [0.717, 1.165) is 0 Å². The Kier molecular flexibility index (Phi) is 5.67. The van der Waals surface area contributed by atoms with Crippen LogP contribution in [0.15, 0.2) is 54.6 Å². The molecule has 0 bridgehead atoms. The van der Waals surface area contributed by atoms with Gasteiger partial charge in [0.05, 0.1) is 5.69 Å². The molecule has 0 aliphatic rings. The first-order valence-corrected chi connectivity index (χ1v) is 7.50. The van der Waals surface area contributed by atoms with Gasteiger partial charge in [0.15, 0.2) is 6.54 Å². The largest absolute Gasteiger partial charge is 0.332 e. The molecule has 3 nitrogen and oxygen atoms in total. The first-order chi connectivity index (χ1) is 10.6. The van der Waals surface area contributed by atoms with Gasteiger partial charge in [-0.25, -0.2) is 4.39 Å². The molecule has 0 fully saturated rings. The number of benzene rings is 2. The summed E-state index contributed by atoms with van der Waals surface area (Å²) in [7, 11) is 0. The highest BCUT2D eigenvalue weighted by atomic mass is 19.1. The summed E-state index contributed by atoms with van der Waals surface area (Å²) in [4.78, 5) is 12.0. The van der Waals surface area contributed by atoms with Gasteiger partial charge in [-0.2, -0.15) is 0 Å². The zero-order chi connectivity index (χ0) is 15.9. The maximum absolute atomic E-state index is 13.5. The van der Waals surface area contributed by atoms with Crippen LogP contribution in [-0.4, -0.2) is 12.5 Å². The van der Waals surface area contributed by atoms with Crippen LogP contribution in [-0.2, 0) is 4.79 Å². The van der Waals surface area contributed by atoms with Crippen molar-refractivity contribution in [3.05, 3.63) is 66.0 Å². The lowest BCUT2D eigenvalue weighted by Crippen LogP contribution is -2.88. The smallest absolute Gasteiger partial charge is 0.279 e. The van der Waals surface area contributed by atoms with Crippen molar-refractivity contribution in [3.63, 3.8) is 0 Å². The Labute approximate surface area is 130 Å². The van der Waals surface area contributed by atoms with Crippen LogP contribution in [0.2, 0.25) is 0 Å². The molecule has 0 saturated heterocycles. The van der Waals surface area contributed by atoms with E-state index in [1.165, 1.54) is 11.6 Å². The predicted molar refractivity (Wildman–Crippen MR) is 85.8 cm³/mol. The monoisotopic (exact) mass is 301 g/mol. The molecule has 0 radical (unpaired) electrons. The number of hydrogen-bond donors (Lipinski definition) is 2. The van der Waals surface area contributed by atoms with Crippen LogP contribution >= 0.6 is 0 Å². The van der Waals surface area contributed by atoms with Gasteiger partial charge in [-0.15, -0.1) is 0 Å². The highest BCUT2D eigenvalue weighted by molar-refractivity contribution is 5.91. The number of halogens is 1. The topological polar surface area (TPSA) is 45.7 Å². The first kappa shape index (κ1) is 16.2. The summed E-state index contributed by atoms with van der Waals surface area (Å²) in [5.41, 5.74) is 1.41. The normalized spacial score (nSPS) is 12.2. The fraction of sp³-hybridized carbons (Fsp3) is 0.278. The molecule has 2 aromatic rings. The molecule has 0 aromatic heterocycles. The second-order valence-electron chi connectivity index (χ2n) is 5.65. The molecular weight excluding hydrogens is 279 g/mol. The number of hydrogen-bond acceptors (Lipinski definition) is 1. The van der Waals surface area contributed by atoms with Crippen molar-refractivity contribution < 1.29 is 14.5 Å². The second kappa shape index (κ2) is 7.71. The second-order valence-corrected chi connectivity index (χ2v) is 5.65. The van der Waals surface area contributed by atoms with E-state index >= 15 is 0 Å². The SMILES string of the molecule is CC(C)[C@@H]([NH2+]CC(=O)Nc1ccccc1F)c1ccccc1. The number of carbonyl (C=O) groups excluding carboxylic acids is 1. The Morgan fingerprint density at radius 1 is 1.09 bits per heavy atom. The van der Waals surface area contributed by atoms with Gasteiger partial charge in [-0.05, 0) is 12.1 Å². The Hall–Kier alpha value is -2.20. The molecule has 2 rings (SSSR count). The van der Waals surface area contributed by atoms with E-state index in [2.05, 4.69) is 31.3 Å². The molecule has 0 heterocycles. The van der Waals surface area contributed by atoms with Crippen LogP contribution in [0.25, 0.3) is 0 Å². The molecule has 0 aliphatic carbocycles. The van der Waals surface area contributed by atoms with Crippen molar-refractivity contribution in [2.75, 3.05) is 11.9 Å². The van der Waals surface area contributed by atoms with E-state index in [0.29, 0.717) is 5.92 Å². The molecule has 0 unspecified atom stereocenters. The molecule has 0 spiro atoms. The highest BCUT2D eigenvalue weighted by Crippen LogP contribution is 2.17. The zero-order valence-electron chi connectivity index (χ0n) is 12.9. The maximum Gasteiger partial charge on any atom is 0.279 e. The zero-order valence-corrected chi connectivity index (χ0v) is 12.9. The van der Waals surface area contributed by atoms with Crippen molar-refractivity contribution in [1.29, 1.82) is 0 Å². The minimum absolute atomic E-state index is 0.201. The maximum atomic E-state index is 13.5. The van der Waals surface area contributed by atoms with Crippen molar-refractivity contribution in [3.8, 4) is 0 Å². The van der Waals surface area contributed by atoms with Crippen LogP contribution in [0.4, 0.5) is 10.1 Å². The lowest BCUT2D eigenvalue weighted by molar-refractivity contribution is -0.692. The number of carbonyl (C=O) groups is 1. The van der Waals surface area contributed by atoms with Crippen LogP contribution in [0.1, 0.15) is 25.5 Å². The van der Waals surface area contributed by atoms with Crippen molar-refractivity contribution >= 4 is 11.6 Å². The van der Waals surface area contributed by atoms with E-state index in [1.54, 1.807) is 18.2 Å². The summed E-state index contributed by atoms with van der Waals surface area (Å²) < 4.78 is 13.5. The number of para-hydroxylation sites is 1. The van der Waals surface area contributed by atoms with Gasteiger partial charge < -0.3 is 10.6 Å². The third-order valence-electron chi connectivity index (χ3n) is 3.61. The average molecular weight is 301 g/mol. The molecule has 4 heteroatoms. The number of rotatable bonds is 6. The van der Waals surface area contributed by atoms with Gasteiger partial charge >= 0.3 is 0 Å². The standard InChI is InChI=1S/C18H21FN2O/c1-13(2)18(14-8-4-3-5-9-14)20-12-17(22)21-16-11-7-6-10-15(16)19/h3-11,13,18,20H,12H2,1-2H3,(H,21,22)/p+1/t18-/m1/s1. The number of anilines is 1. The third kappa shape index (κ3) is 4.40. The molecule has 0 saturated carbocycles. The quantitative estimate of drug-likeness (QED) is 0.846. The fourth-order valence-electron chi connectivity index (χ4n) is 2.47. The van der Waals surface area contributed by atoms with E-state index in [1.807, 2.05) is 23.5 Å². The number of quaternary nitrogens is 1. The summed E-state index contributed by atoms with van der Waals surface area (Å²) in [6.07, 6.45) is 0. The lowest BCUT2D eigenvalue weighted by Gasteiger charge is -2.19. The summed E-state index contributed by atoms with van der Waals surface area (Å²) in [6.45, 7) is 4.51. The van der Waals surface area contributed by atoms with Gasteiger partial charge in [-0.1, -0.05) is 56.3 Å². The average Bonchev–Trinajstić information content (AvgIpc) is 2.50. The van der Waals surface area contributed by atoms with E-state index in [9.17, 15) is 9.18 Å². The number of nitrogens with one attached hydrogen (secondary N) is 1. The Bertz CT molecular complexity index is 613. The number of amides is 1. The number of nitrogens with two attached hydrogens (primary N) is 1. The van der Waals surface area contributed by atoms with E-state index in [4.69, 9.17) is 0 Å². The van der Waals surface area contributed by atoms with Crippen LogP contribution in [0.3, 0.4) is 0 Å². The van der Waals surface area contributed by atoms with Gasteiger partial charge in [-0.3, -0.25) is 4.79 Å². The van der Waals surface area contributed by atoms with Gasteiger partial charge in [0.25, 0.3) is 5.91 Å². The molecule has 1 amide bonds. The molecule has 3 N–H and O–H groups in total. The predicted octanol–water partition coefficient (Wildman–Crippen LogP) is 2.72. The van der Waals surface area contributed by atoms with E-state index < -0.39 is 5.82 Å². The van der Waals surface area contributed by atoms with Crippen LogP contribution < -0.4 is 10.6 Å². The molecule has 2 aromatic carbocycles. The first-order valence-electron chi connectivity index (χ1n) is 7.50. The Morgan fingerprint density at radius 2 is 1.73 bits per heavy atom. The Balaban J connectivity index is 1.95. The summed E-state index contributed by atoms with van der Waals surface area (Å²) >= 11 is 0. The third-order valence-corrected chi connectivity index (χ3v) is 3.61.